The van der Waals surface area contributed by atoms with Crippen molar-refractivity contribution < 1.29 is 9.53 Å². The maximum Gasteiger partial charge on any atom is 0.329 e. The molecule has 0 aromatic heterocycles. The predicted molar refractivity (Wildman–Crippen MR) is 61.9 cm³/mol. The van der Waals surface area contributed by atoms with Crippen molar-refractivity contribution in [3.63, 3.8) is 0 Å². The molecule has 0 heterocycles. The fourth-order valence-electron chi connectivity index (χ4n) is 1.37. The third kappa shape index (κ3) is 3.43. The minimum Gasteiger partial charge on any atom is -0.494 e. The van der Waals surface area contributed by atoms with Gasteiger partial charge in [-0.3, -0.25) is 5.43 Å². The molecule has 2 amide bonds. The quantitative estimate of drug-likeness (QED) is 0.406. The highest BCUT2D eigenvalue weighted by Crippen LogP contribution is 2.18. The van der Waals surface area contributed by atoms with Crippen molar-refractivity contribution in [3.8, 4) is 5.75 Å². The number of carbonyl (C=O) groups is 1. The van der Waals surface area contributed by atoms with Crippen molar-refractivity contribution in [1.82, 2.24) is 10.7 Å². The predicted octanol–water partition coefficient (Wildman–Crippen LogP) is 1.07. The first-order valence-electron chi connectivity index (χ1n) is 5.14. The molecule has 1 rings (SSSR count). The Labute approximate surface area is 94.9 Å². The molecule has 88 valence electrons. The molecule has 0 aliphatic rings. The molecule has 5 heteroatoms. The number of nitrogens with two attached hydrogens (primary N) is 1. The Balaban J connectivity index is 2.62. The molecule has 1 aromatic rings. The summed E-state index contributed by atoms with van der Waals surface area (Å²) in [7, 11) is 0. The van der Waals surface area contributed by atoms with Crippen LogP contribution in [0.25, 0.3) is 0 Å². The van der Waals surface area contributed by atoms with Gasteiger partial charge in [-0.25, -0.2) is 10.6 Å². The number of urea groups is 1. The van der Waals surface area contributed by atoms with Gasteiger partial charge in [0.25, 0.3) is 0 Å². The maximum atomic E-state index is 10.9. The summed E-state index contributed by atoms with van der Waals surface area (Å²) in [5.41, 5.74) is 4.06. The van der Waals surface area contributed by atoms with Crippen molar-refractivity contribution in [2.45, 2.75) is 20.4 Å². The number of nitrogens with one attached hydrogen (secondary N) is 2. The summed E-state index contributed by atoms with van der Waals surface area (Å²) in [5.74, 6) is 5.82. The SMILES string of the molecule is CCOc1ccc(CNC(=O)NN)cc1C. The summed E-state index contributed by atoms with van der Waals surface area (Å²) in [6.07, 6.45) is 0. The van der Waals surface area contributed by atoms with Crippen LogP contribution in [0.15, 0.2) is 18.2 Å². The molecule has 1 aromatic carbocycles. The van der Waals surface area contributed by atoms with Crippen molar-refractivity contribution >= 4 is 6.03 Å². The smallest absolute Gasteiger partial charge is 0.329 e. The molecule has 0 saturated heterocycles. The molecule has 0 atom stereocenters. The Morgan fingerprint density at radius 2 is 2.25 bits per heavy atom. The highest BCUT2D eigenvalue weighted by Gasteiger charge is 2.02. The Hall–Kier alpha value is -1.75. The van der Waals surface area contributed by atoms with Crippen LogP contribution in [0.1, 0.15) is 18.1 Å². The van der Waals surface area contributed by atoms with Gasteiger partial charge in [-0.2, -0.15) is 0 Å². The Bertz CT molecular complexity index is 366. The van der Waals surface area contributed by atoms with E-state index in [0.29, 0.717) is 13.2 Å². The summed E-state index contributed by atoms with van der Waals surface area (Å²) < 4.78 is 5.42. The lowest BCUT2D eigenvalue weighted by atomic mass is 10.1. The molecule has 5 nitrogen and oxygen atoms in total. The number of hydrazine groups is 1. The lowest BCUT2D eigenvalue weighted by molar-refractivity contribution is 0.241. The summed E-state index contributed by atoms with van der Waals surface area (Å²) in [4.78, 5) is 10.9. The molecule has 0 fully saturated rings. The van der Waals surface area contributed by atoms with E-state index in [9.17, 15) is 4.79 Å². The van der Waals surface area contributed by atoms with Crippen LogP contribution in [0.5, 0.6) is 5.75 Å². The van der Waals surface area contributed by atoms with Crippen LogP contribution in [0.3, 0.4) is 0 Å². The highest BCUT2D eigenvalue weighted by atomic mass is 16.5. The van der Waals surface area contributed by atoms with Crippen LogP contribution in [-0.4, -0.2) is 12.6 Å². The molecule has 4 N–H and O–H groups in total. The number of hydrogen-bond acceptors (Lipinski definition) is 3. The third-order valence-corrected chi connectivity index (χ3v) is 2.12. The maximum absolute atomic E-state index is 10.9. The van der Waals surface area contributed by atoms with E-state index in [-0.39, 0.29) is 0 Å². The minimum absolute atomic E-state index is 0.397. The zero-order valence-corrected chi connectivity index (χ0v) is 9.54. The van der Waals surface area contributed by atoms with Gasteiger partial charge in [-0.15, -0.1) is 0 Å². The lowest BCUT2D eigenvalue weighted by Crippen LogP contribution is -2.39. The van der Waals surface area contributed by atoms with E-state index in [4.69, 9.17) is 10.6 Å². The number of hydrogen-bond donors (Lipinski definition) is 3. The molecular formula is C11H17N3O2. The average Bonchev–Trinajstić information content (AvgIpc) is 2.29. The van der Waals surface area contributed by atoms with Gasteiger partial charge in [0.2, 0.25) is 0 Å². The number of rotatable bonds is 4. The first-order chi connectivity index (χ1) is 7.67. The monoisotopic (exact) mass is 223 g/mol. The van der Waals surface area contributed by atoms with E-state index in [2.05, 4.69) is 5.32 Å². The van der Waals surface area contributed by atoms with E-state index >= 15 is 0 Å². The number of ether oxygens (including phenoxy) is 1. The van der Waals surface area contributed by atoms with Crippen LogP contribution < -0.4 is 21.3 Å². The Kier molecular flexibility index (Phi) is 4.60. The molecule has 0 spiro atoms. The largest absolute Gasteiger partial charge is 0.494 e. The fraction of sp³-hybridized carbons (Fsp3) is 0.364. The number of amides is 2. The second-order valence-electron chi connectivity index (χ2n) is 3.36. The van der Waals surface area contributed by atoms with Gasteiger partial charge in [0.15, 0.2) is 0 Å². The fourth-order valence-corrected chi connectivity index (χ4v) is 1.37. The van der Waals surface area contributed by atoms with E-state index in [0.717, 1.165) is 16.9 Å². The van der Waals surface area contributed by atoms with Gasteiger partial charge >= 0.3 is 6.03 Å². The van der Waals surface area contributed by atoms with Gasteiger partial charge in [0.1, 0.15) is 5.75 Å². The highest BCUT2D eigenvalue weighted by molar-refractivity contribution is 5.73. The van der Waals surface area contributed by atoms with Crippen LogP contribution in [-0.2, 0) is 6.54 Å². The molecular weight excluding hydrogens is 206 g/mol. The van der Waals surface area contributed by atoms with Crippen LogP contribution in [0, 0.1) is 6.92 Å². The number of carbonyl (C=O) groups excluding carboxylic acids is 1. The van der Waals surface area contributed by atoms with Crippen molar-refractivity contribution in [1.29, 1.82) is 0 Å². The molecule has 0 saturated carbocycles. The van der Waals surface area contributed by atoms with Crippen LogP contribution in [0.4, 0.5) is 4.79 Å². The van der Waals surface area contributed by atoms with Gasteiger partial charge in [0, 0.05) is 6.54 Å². The van der Waals surface area contributed by atoms with E-state index < -0.39 is 6.03 Å². The lowest BCUT2D eigenvalue weighted by Gasteiger charge is -2.09. The van der Waals surface area contributed by atoms with E-state index in [1.807, 2.05) is 37.5 Å². The van der Waals surface area contributed by atoms with E-state index in [1.165, 1.54) is 0 Å². The Morgan fingerprint density at radius 3 is 2.81 bits per heavy atom. The standard InChI is InChI=1S/C11H17N3O2/c1-3-16-10-5-4-9(6-8(10)2)7-13-11(15)14-12/h4-6H,3,7,12H2,1-2H3,(H2,13,14,15). The van der Waals surface area contributed by atoms with Crippen LogP contribution in [0.2, 0.25) is 0 Å². The molecule has 0 aliphatic heterocycles. The third-order valence-electron chi connectivity index (χ3n) is 2.12. The van der Waals surface area contributed by atoms with Crippen molar-refractivity contribution in [3.05, 3.63) is 29.3 Å². The second kappa shape index (κ2) is 5.97. The average molecular weight is 223 g/mol. The summed E-state index contributed by atoms with van der Waals surface area (Å²) >= 11 is 0. The first-order valence-corrected chi connectivity index (χ1v) is 5.14. The van der Waals surface area contributed by atoms with Crippen molar-refractivity contribution in [2.24, 2.45) is 5.84 Å². The summed E-state index contributed by atoms with van der Waals surface area (Å²) in [6.45, 7) is 5.00. The van der Waals surface area contributed by atoms with Crippen LogP contribution >= 0.6 is 0 Å². The van der Waals surface area contributed by atoms with Gasteiger partial charge < -0.3 is 10.1 Å². The van der Waals surface area contributed by atoms with Gasteiger partial charge in [0.05, 0.1) is 6.61 Å². The first kappa shape index (κ1) is 12.3. The normalized spacial score (nSPS) is 9.69. The summed E-state index contributed by atoms with van der Waals surface area (Å²) in [5, 5.41) is 2.61. The molecule has 0 radical (unpaired) electrons. The Morgan fingerprint density at radius 1 is 1.50 bits per heavy atom. The minimum atomic E-state index is -0.397. The van der Waals surface area contributed by atoms with Gasteiger partial charge in [-0.1, -0.05) is 12.1 Å². The molecule has 0 unspecified atom stereocenters. The molecule has 0 aliphatic carbocycles. The number of aryl methyl sites for hydroxylation is 1. The van der Waals surface area contributed by atoms with Gasteiger partial charge in [-0.05, 0) is 31.0 Å². The zero-order valence-electron chi connectivity index (χ0n) is 9.54. The second-order valence-corrected chi connectivity index (χ2v) is 3.36. The molecule has 16 heavy (non-hydrogen) atoms. The van der Waals surface area contributed by atoms with Crippen molar-refractivity contribution in [2.75, 3.05) is 6.61 Å². The topological polar surface area (TPSA) is 76.4 Å². The zero-order chi connectivity index (χ0) is 12.0. The summed E-state index contributed by atoms with van der Waals surface area (Å²) in [6, 6.07) is 5.39. The molecule has 0 bridgehead atoms. The number of benzene rings is 1. The van der Waals surface area contributed by atoms with E-state index in [1.54, 1.807) is 0 Å².